The molecule has 0 bridgehead atoms. The number of carbonyl (C=O) groups is 1. The molecule has 0 aliphatic rings. The van der Waals surface area contributed by atoms with Gasteiger partial charge in [-0.2, -0.15) is 5.26 Å². The molecule has 0 fully saturated rings. The van der Waals surface area contributed by atoms with Crippen molar-refractivity contribution in [1.82, 2.24) is 4.98 Å². The lowest BCUT2D eigenvalue weighted by Gasteiger charge is -2.11. The van der Waals surface area contributed by atoms with Gasteiger partial charge < -0.3 is 15.6 Å². The third-order valence-electron chi connectivity index (χ3n) is 1.63. The van der Waals surface area contributed by atoms with Gasteiger partial charge in [0.05, 0.1) is 17.4 Å². The second-order valence-corrected chi connectivity index (χ2v) is 2.73. The highest BCUT2D eigenvalue weighted by Crippen LogP contribution is 2.29. The minimum Gasteiger partial charge on any atom is -0.477 e. The second-order valence-electron chi connectivity index (χ2n) is 2.73. The van der Waals surface area contributed by atoms with Gasteiger partial charge in [-0.25, -0.2) is 9.78 Å². The third-order valence-corrected chi connectivity index (χ3v) is 1.63. The fourth-order valence-electron chi connectivity index (χ4n) is 0.990. The van der Waals surface area contributed by atoms with E-state index in [-0.39, 0.29) is 5.56 Å². The zero-order chi connectivity index (χ0) is 13.2. The van der Waals surface area contributed by atoms with E-state index in [9.17, 15) is 18.0 Å². The monoisotopic (exact) mass is 247 g/mol. The SMILES string of the molecule is N#Cc1cnc(OC(F)(F)F)c(C(=O)O)c1N. The first-order valence-corrected chi connectivity index (χ1v) is 3.94. The Balaban J connectivity index is 3.38. The summed E-state index contributed by atoms with van der Waals surface area (Å²) in [5.41, 5.74) is 3.24. The number of carboxylic acids is 1. The van der Waals surface area contributed by atoms with Gasteiger partial charge in [-0.15, -0.1) is 13.2 Å². The van der Waals surface area contributed by atoms with Gasteiger partial charge in [-0.3, -0.25) is 0 Å². The van der Waals surface area contributed by atoms with E-state index in [1.165, 1.54) is 6.07 Å². The largest absolute Gasteiger partial charge is 0.574 e. The lowest BCUT2D eigenvalue weighted by molar-refractivity contribution is -0.276. The Morgan fingerprint density at radius 1 is 1.59 bits per heavy atom. The Bertz CT molecular complexity index is 507. The van der Waals surface area contributed by atoms with E-state index in [4.69, 9.17) is 16.1 Å². The van der Waals surface area contributed by atoms with Crippen LogP contribution in [0.15, 0.2) is 6.20 Å². The molecule has 0 atom stereocenters. The van der Waals surface area contributed by atoms with Crippen LogP contribution in [-0.2, 0) is 0 Å². The maximum Gasteiger partial charge on any atom is 0.574 e. The van der Waals surface area contributed by atoms with Crippen molar-refractivity contribution in [1.29, 1.82) is 5.26 Å². The summed E-state index contributed by atoms with van der Waals surface area (Å²) in [4.78, 5) is 13.8. The highest BCUT2D eigenvalue weighted by Gasteiger charge is 2.35. The predicted octanol–water partition coefficient (Wildman–Crippen LogP) is 1.13. The number of hydrogen-bond donors (Lipinski definition) is 2. The standard InChI is InChI=1S/C8H4F3N3O3/c9-8(10,11)17-6-4(7(15)16)5(13)3(1-12)2-14-6/h2H,(H2,13,14)(H,15,16). The molecule has 3 N–H and O–H groups in total. The topological polar surface area (TPSA) is 109 Å². The Labute approximate surface area is 92.0 Å². The van der Waals surface area contributed by atoms with Crippen LogP contribution in [0.25, 0.3) is 0 Å². The summed E-state index contributed by atoms with van der Waals surface area (Å²) in [6.45, 7) is 0. The molecule has 0 saturated heterocycles. The van der Waals surface area contributed by atoms with E-state index in [0.717, 1.165) is 0 Å². The molecule has 0 aliphatic carbocycles. The molecule has 1 heterocycles. The Morgan fingerprint density at radius 3 is 2.59 bits per heavy atom. The summed E-state index contributed by atoms with van der Waals surface area (Å²) < 4.78 is 39.2. The van der Waals surface area contributed by atoms with Crippen LogP contribution in [-0.4, -0.2) is 22.4 Å². The molecule has 1 aromatic heterocycles. The molecule has 0 amide bonds. The minimum absolute atomic E-state index is 0.350. The summed E-state index contributed by atoms with van der Waals surface area (Å²) in [6, 6.07) is 1.49. The smallest absolute Gasteiger partial charge is 0.477 e. The Kier molecular flexibility index (Phi) is 3.08. The zero-order valence-corrected chi connectivity index (χ0v) is 7.95. The van der Waals surface area contributed by atoms with Gasteiger partial charge in [0.25, 0.3) is 0 Å². The molecule has 90 valence electrons. The van der Waals surface area contributed by atoms with Gasteiger partial charge in [-0.05, 0) is 0 Å². The molecule has 9 heteroatoms. The van der Waals surface area contributed by atoms with E-state index >= 15 is 0 Å². The molecule has 0 unspecified atom stereocenters. The lowest BCUT2D eigenvalue weighted by atomic mass is 10.1. The molecule has 0 saturated carbocycles. The van der Waals surface area contributed by atoms with Crippen LogP contribution in [0.3, 0.4) is 0 Å². The van der Waals surface area contributed by atoms with Crippen molar-refractivity contribution in [2.24, 2.45) is 0 Å². The number of carboxylic acid groups (broad SMARTS) is 1. The van der Waals surface area contributed by atoms with E-state index in [1.54, 1.807) is 0 Å². The number of nitriles is 1. The Morgan fingerprint density at radius 2 is 2.18 bits per heavy atom. The maximum atomic E-state index is 11.9. The van der Waals surface area contributed by atoms with E-state index < -0.39 is 29.5 Å². The number of nitrogens with two attached hydrogens (primary N) is 1. The molecular formula is C8H4F3N3O3. The second kappa shape index (κ2) is 4.17. The number of anilines is 1. The summed E-state index contributed by atoms with van der Waals surface area (Å²) >= 11 is 0. The van der Waals surface area contributed by atoms with Crippen LogP contribution < -0.4 is 10.5 Å². The molecule has 1 aromatic rings. The summed E-state index contributed by atoms with van der Waals surface area (Å²) in [5, 5.41) is 17.2. The quantitative estimate of drug-likeness (QED) is 0.810. The predicted molar refractivity (Wildman–Crippen MR) is 47.0 cm³/mol. The maximum absolute atomic E-state index is 11.9. The average Bonchev–Trinajstić information content (AvgIpc) is 2.14. The molecule has 1 rings (SSSR count). The van der Waals surface area contributed by atoms with Gasteiger partial charge in [0, 0.05) is 0 Å². The molecule has 0 aromatic carbocycles. The van der Waals surface area contributed by atoms with Gasteiger partial charge >= 0.3 is 12.3 Å². The van der Waals surface area contributed by atoms with Crippen molar-refractivity contribution >= 4 is 11.7 Å². The summed E-state index contributed by atoms with van der Waals surface area (Å²) in [6.07, 6.45) is -4.40. The van der Waals surface area contributed by atoms with Crippen LogP contribution in [0.1, 0.15) is 15.9 Å². The fourth-order valence-corrected chi connectivity index (χ4v) is 0.990. The van der Waals surface area contributed by atoms with Crippen molar-refractivity contribution in [2.75, 3.05) is 5.73 Å². The van der Waals surface area contributed by atoms with E-state index in [0.29, 0.717) is 6.20 Å². The molecule has 0 radical (unpaired) electrons. The summed E-state index contributed by atoms with van der Waals surface area (Å²) in [5.74, 6) is -2.98. The van der Waals surface area contributed by atoms with Crippen LogP contribution >= 0.6 is 0 Å². The third kappa shape index (κ3) is 2.75. The lowest BCUT2D eigenvalue weighted by Crippen LogP contribution is -2.21. The van der Waals surface area contributed by atoms with Gasteiger partial charge in [0.15, 0.2) is 0 Å². The van der Waals surface area contributed by atoms with Crippen LogP contribution in [0.5, 0.6) is 5.88 Å². The number of nitrogen functional groups attached to an aromatic ring is 1. The zero-order valence-electron chi connectivity index (χ0n) is 7.95. The highest BCUT2D eigenvalue weighted by molar-refractivity contribution is 5.97. The number of nitrogens with zero attached hydrogens (tertiary/aromatic N) is 2. The van der Waals surface area contributed by atoms with Crippen molar-refractivity contribution in [3.63, 3.8) is 0 Å². The molecule has 6 nitrogen and oxygen atoms in total. The van der Waals surface area contributed by atoms with Crippen LogP contribution in [0.4, 0.5) is 18.9 Å². The van der Waals surface area contributed by atoms with Gasteiger partial charge in [0.1, 0.15) is 11.6 Å². The number of aromatic nitrogens is 1. The molecule has 0 aliphatic heterocycles. The number of hydrogen-bond acceptors (Lipinski definition) is 5. The average molecular weight is 247 g/mol. The number of rotatable bonds is 2. The first-order valence-electron chi connectivity index (χ1n) is 3.94. The van der Waals surface area contributed by atoms with E-state index in [2.05, 4.69) is 9.72 Å². The highest BCUT2D eigenvalue weighted by atomic mass is 19.4. The Hall–Kier alpha value is -2.50. The number of aromatic carboxylic acids is 1. The molecular weight excluding hydrogens is 243 g/mol. The summed E-state index contributed by atoms with van der Waals surface area (Å²) in [7, 11) is 0. The number of ether oxygens (including phenoxy) is 1. The number of halogens is 3. The minimum atomic E-state index is -5.10. The van der Waals surface area contributed by atoms with Crippen molar-refractivity contribution in [2.45, 2.75) is 6.36 Å². The van der Waals surface area contributed by atoms with Crippen molar-refractivity contribution in [3.8, 4) is 11.9 Å². The van der Waals surface area contributed by atoms with Gasteiger partial charge in [0.2, 0.25) is 5.88 Å². The molecule has 0 spiro atoms. The number of pyridine rings is 1. The van der Waals surface area contributed by atoms with Gasteiger partial charge in [-0.1, -0.05) is 0 Å². The fraction of sp³-hybridized carbons (Fsp3) is 0.125. The molecule has 17 heavy (non-hydrogen) atoms. The van der Waals surface area contributed by atoms with Crippen molar-refractivity contribution in [3.05, 3.63) is 17.3 Å². The first-order chi connectivity index (χ1) is 7.76. The van der Waals surface area contributed by atoms with Crippen LogP contribution in [0.2, 0.25) is 0 Å². The van der Waals surface area contributed by atoms with E-state index in [1.807, 2.05) is 0 Å². The first kappa shape index (κ1) is 12.6. The number of alkyl halides is 3. The van der Waals surface area contributed by atoms with Crippen LogP contribution in [0, 0.1) is 11.3 Å². The van der Waals surface area contributed by atoms with Crippen molar-refractivity contribution < 1.29 is 27.8 Å². The normalized spacial score (nSPS) is 10.7.